The minimum atomic E-state index is -4.08. The SMILES string of the molecule is CC(C)OC(=O)OCOP(=O)(COCCC(CO)n1cnc2c(N3CCCC3)ncnc21)OCOC(=O)OC(C)C. The summed E-state index contributed by atoms with van der Waals surface area (Å²) < 4.78 is 49.9. The molecule has 0 spiro atoms. The molecule has 1 atom stereocenters. The molecule has 1 N–H and O–H groups in total. The van der Waals surface area contributed by atoms with Gasteiger partial charge in [0, 0.05) is 19.7 Å². The number of imidazole rings is 1. The van der Waals surface area contributed by atoms with Crippen molar-refractivity contribution >= 4 is 36.9 Å². The van der Waals surface area contributed by atoms with E-state index in [-0.39, 0.29) is 13.2 Å². The summed E-state index contributed by atoms with van der Waals surface area (Å²) in [5, 5.41) is 10.1. The van der Waals surface area contributed by atoms with Crippen molar-refractivity contribution in [3.63, 3.8) is 0 Å². The van der Waals surface area contributed by atoms with Crippen LogP contribution in [0.25, 0.3) is 11.2 Å². The van der Waals surface area contributed by atoms with Gasteiger partial charge in [0.1, 0.15) is 12.7 Å². The summed E-state index contributed by atoms with van der Waals surface area (Å²) >= 11 is 0. The first kappa shape index (κ1) is 32.5. The highest BCUT2D eigenvalue weighted by Gasteiger charge is 2.28. The maximum atomic E-state index is 13.2. The fraction of sp³-hybridized carbons (Fsp3) is 0.708. The third-order valence-electron chi connectivity index (χ3n) is 5.71. The van der Waals surface area contributed by atoms with Gasteiger partial charge >= 0.3 is 19.9 Å². The molecule has 2 aromatic heterocycles. The van der Waals surface area contributed by atoms with Crippen molar-refractivity contribution in [1.82, 2.24) is 19.5 Å². The van der Waals surface area contributed by atoms with Gasteiger partial charge in [-0.05, 0) is 47.0 Å². The molecule has 0 aromatic carbocycles. The van der Waals surface area contributed by atoms with Gasteiger partial charge in [-0.1, -0.05) is 0 Å². The van der Waals surface area contributed by atoms with Crippen LogP contribution < -0.4 is 4.90 Å². The van der Waals surface area contributed by atoms with E-state index >= 15 is 0 Å². The third-order valence-corrected chi connectivity index (χ3v) is 7.21. The number of ether oxygens (including phenoxy) is 5. The molecule has 0 bridgehead atoms. The molecule has 1 aliphatic heterocycles. The number of carbonyl (C=O) groups is 2. The van der Waals surface area contributed by atoms with Crippen LogP contribution in [-0.2, 0) is 37.3 Å². The van der Waals surface area contributed by atoms with E-state index in [0.717, 1.165) is 31.7 Å². The van der Waals surface area contributed by atoms with E-state index in [1.165, 1.54) is 6.33 Å². The summed E-state index contributed by atoms with van der Waals surface area (Å²) in [5.41, 5.74) is 1.22. The lowest BCUT2D eigenvalue weighted by atomic mass is 10.2. The Morgan fingerprint density at radius 2 is 1.59 bits per heavy atom. The molecule has 17 heteroatoms. The Hall–Kier alpha value is -3.04. The van der Waals surface area contributed by atoms with E-state index < -0.39 is 58.1 Å². The molecule has 230 valence electrons. The van der Waals surface area contributed by atoms with Gasteiger partial charge < -0.3 is 38.3 Å². The normalized spacial score (nSPS) is 14.6. The molecule has 0 aliphatic carbocycles. The molecule has 1 saturated heterocycles. The number of fused-ring (bicyclic) bond motifs is 1. The Morgan fingerprint density at radius 1 is 0.976 bits per heavy atom. The van der Waals surface area contributed by atoms with Gasteiger partial charge in [0.15, 0.2) is 17.0 Å². The summed E-state index contributed by atoms with van der Waals surface area (Å²) in [6.45, 7) is 6.57. The number of hydrogen-bond acceptors (Lipinski definition) is 15. The maximum Gasteiger partial charge on any atom is 0.510 e. The van der Waals surface area contributed by atoms with Gasteiger partial charge in [0.05, 0.1) is 31.2 Å². The van der Waals surface area contributed by atoms with Crippen molar-refractivity contribution < 1.29 is 52.0 Å². The summed E-state index contributed by atoms with van der Waals surface area (Å²) in [7, 11) is -4.08. The van der Waals surface area contributed by atoms with Crippen LogP contribution >= 0.6 is 7.60 Å². The molecule has 0 radical (unpaired) electrons. The maximum absolute atomic E-state index is 13.2. The lowest BCUT2D eigenvalue weighted by molar-refractivity contribution is -0.0345. The first-order valence-corrected chi connectivity index (χ1v) is 15.0. The fourth-order valence-electron chi connectivity index (χ4n) is 3.86. The van der Waals surface area contributed by atoms with Gasteiger partial charge in [-0.25, -0.2) is 24.5 Å². The highest BCUT2D eigenvalue weighted by molar-refractivity contribution is 7.53. The molecular formula is C24H38N5O11P. The zero-order valence-electron chi connectivity index (χ0n) is 23.7. The Labute approximate surface area is 237 Å². The smallest absolute Gasteiger partial charge is 0.432 e. The second kappa shape index (κ2) is 15.8. The van der Waals surface area contributed by atoms with Crippen molar-refractivity contribution in [2.45, 2.75) is 65.2 Å². The number of anilines is 1. The topological polar surface area (TPSA) is 183 Å². The molecule has 2 aromatic rings. The van der Waals surface area contributed by atoms with Gasteiger partial charge in [-0.15, -0.1) is 0 Å². The van der Waals surface area contributed by atoms with Crippen LogP contribution in [0.4, 0.5) is 15.4 Å². The van der Waals surface area contributed by atoms with Crippen LogP contribution in [-0.4, -0.2) is 95.4 Å². The van der Waals surface area contributed by atoms with Crippen molar-refractivity contribution in [3.05, 3.63) is 12.7 Å². The van der Waals surface area contributed by atoms with Crippen LogP contribution in [0.5, 0.6) is 0 Å². The summed E-state index contributed by atoms with van der Waals surface area (Å²) in [5.74, 6) is 0.758. The number of rotatable bonds is 16. The van der Waals surface area contributed by atoms with E-state index in [4.69, 9.17) is 32.7 Å². The van der Waals surface area contributed by atoms with Crippen LogP contribution in [0, 0.1) is 0 Å². The second-order valence-electron chi connectivity index (χ2n) is 9.60. The lowest BCUT2D eigenvalue weighted by Gasteiger charge is -2.20. The average Bonchev–Trinajstić information content (AvgIpc) is 3.59. The standard InChI is InChI=1S/C24H38N5O11P/c1-17(2)39-23(31)35-14-37-41(33,38-15-36-24(32)40-18(3)4)16-34-10-7-19(11-30)29-13-27-20-21(25-12-26-22(20)29)28-8-5-6-9-28/h12-13,17-19,30H,5-11,14-16H2,1-4H3. The summed E-state index contributed by atoms with van der Waals surface area (Å²) in [4.78, 5) is 38.6. The van der Waals surface area contributed by atoms with E-state index in [1.807, 2.05) is 0 Å². The molecule has 41 heavy (non-hydrogen) atoms. The largest absolute Gasteiger partial charge is 0.510 e. The van der Waals surface area contributed by atoms with Crippen LogP contribution in [0.1, 0.15) is 53.0 Å². The van der Waals surface area contributed by atoms with Crippen molar-refractivity contribution in [2.24, 2.45) is 0 Å². The van der Waals surface area contributed by atoms with Gasteiger partial charge in [0.25, 0.3) is 0 Å². The number of carbonyl (C=O) groups excluding carboxylic acids is 2. The molecule has 16 nitrogen and oxygen atoms in total. The Balaban J connectivity index is 1.57. The Morgan fingerprint density at radius 3 is 2.15 bits per heavy atom. The number of aliphatic hydroxyl groups excluding tert-OH is 1. The van der Waals surface area contributed by atoms with Crippen molar-refractivity contribution in [1.29, 1.82) is 0 Å². The van der Waals surface area contributed by atoms with Crippen LogP contribution in [0.15, 0.2) is 12.7 Å². The first-order valence-electron chi connectivity index (χ1n) is 13.3. The summed E-state index contributed by atoms with van der Waals surface area (Å²) in [6, 6.07) is -0.453. The molecule has 1 aliphatic rings. The predicted octanol–water partition coefficient (Wildman–Crippen LogP) is 3.59. The van der Waals surface area contributed by atoms with Crippen molar-refractivity contribution in [3.8, 4) is 0 Å². The monoisotopic (exact) mass is 603 g/mol. The van der Waals surface area contributed by atoms with E-state index in [0.29, 0.717) is 17.6 Å². The number of hydrogen-bond donors (Lipinski definition) is 1. The highest BCUT2D eigenvalue weighted by Crippen LogP contribution is 2.48. The molecule has 3 rings (SSSR count). The molecule has 1 unspecified atom stereocenters. The van der Waals surface area contributed by atoms with Crippen LogP contribution in [0.3, 0.4) is 0 Å². The molecule has 0 saturated carbocycles. The molecular weight excluding hydrogens is 565 g/mol. The second-order valence-corrected chi connectivity index (χ2v) is 11.6. The zero-order chi connectivity index (χ0) is 29.8. The number of aromatic nitrogens is 4. The zero-order valence-corrected chi connectivity index (χ0v) is 24.6. The van der Waals surface area contributed by atoms with Crippen LogP contribution in [0.2, 0.25) is 0 Å². The van der Waals surface area contributed by atoms with Crippen molar-refractivity contribution in [2.75, 3.05) is 51.1 Å². The Bertz CT molecular complexity index is 1140. The van der Waals surface area contributed by atoms with Gasteiger partial charge in [0.2, 0.25) is 13.6 Å². The third kappa shape index (κ3) is 10.1. The minimum absolute atomic E-state index is 0.0260. The minimum Gasteiger partial charge on any atom is -0.432 e. The first-order chi connectivity index (χ1) is 19.6. The molecule has 3 heterocycles. The molecule has 1 fully saturated rings. The highest BCUT2D eigenvalue weighted by atomic mass is 31.2. The lowest BCUT2D eigenvalue weighted by Crippen LogP contribution is -2.20. The number of nitrogens with zero attached hydrogens (tertiary/aromatic N) is 5. The predicted molar refractivity (Wildman–Crippen MR) is 143 cm³/mol. The van der Waals surface area contributed by atoms with E-state index in [2.05, 4.69) is 19.9 Å². The quantitative estimate of drug-likeness (QED) is 0.127. The summed E-state index contributed by atoms with van der Waals surface area (Å²) in [6.07, 6.45) is 2.05. The van der Waals surface area contributed by atoms with E-state index in [9.17, 15) is 19.3 Å². The molecule has 0 amide bonds. The number of aliphatic hydroxyl groups is 1. The average molecular weight is 604 g/mol. The Kier molecular flexibility index (Phi) is 12.5. The fourth-order valence-corrected chi connectivity index (χ4v) is 4.86. The van der Waals surface area contributed by atoms with Gasteiger partial charge in [-0.3, -0.25) is 13.6 Å². The van der Waals surface area contributed by atoms with Gasteiger partial charge in [-0.2, -0.15) is 0 Å². The van der Waals surface area contributed by atoms with E-state index in [1.54, 1.807) is 38.6 Å².